The first kappa shape index (κ1) is 16.5. The van der Waals surface area contributed by atoms with Crippen LogP contribution >= 0.6 is 0 Å². The number of hydrogen-bond acceptors (Lipinski definition) is 2. The summed E-state index contributed by atoms with van der Waals surface area (Å²) in [6.07, 6.45) is 6.95. The summed E-state index contributed by atoms with van der Waals surface area (Å²) in [6, 6.07) is 9.97. The zero-order valence-corrected chi connectivity index (χ0v) is 14.1. The highest BCUT2D eigenvalue weighted by Gasteiger charge is 2.22. The topological polar surface area (TPSA) is 15.3 Å². The van der Waals surface area contributed by atoms with E-state index in [-0.39, 0.29) is 0 Å². The van der Waals surface area contributed by atoms with Crippen molar-refractivity contribution in [3.8, 4) is 0 Å². The summed E-state index contributed by atoms with van der Waals surface area (Å²) >= 11 is 0. The van der Waals surface area contributed by atoms with Crippen LogP contribution < -0.4 is 5.32 Å². The number of benzene rings is 1. The lowest BCUT2D eigenvalue weighted by Crippen LogP contribution is -2.34. The van der Waals surface area contributed by atoms with Crippen LogP contribution in [0.2, 0.25) is 0 Å². The van der Waals surface area contributed by atoms with E-state index in [9.17, 15) is 0 Å². The van der Waals surface area contributed by atoms with Gasteiger partial charge in [-0.15, -0.1) is 0 Å². The summed E-state index contributed by atoms with van der Waals surface area (Å²) in [4.78, 5) is 2.74. The van der Waals surface area contributed by atoms with Gasteiger partial charge in [0.15, 0.2) is 0 Å². The van der Waals surface area contributed by atoms with Crippen molar-refractivity contribution in [2.24, 2.45) is 5.92 Å². The Morgan fingerprint density at radius 2 is 1.71 bits per heavy atom. The van der Waals surface area contributed by atoms with Crippen LogP contribution in [-0.4, -0.2) is 24.5 Å². The van der Waals surface area contributed by atoms with Gasteiger partial charge in [0.25, 0.3) is 0 Å². The maximum Gasteiger partial charge on any atom is 0.0236 e. The summed E-state index contributed by atoms with van der Waals surface area (Å²) in [5.41, 5.74) is 2.83. The van der Waals surface area contributed by atoms with Gasteiger partial charge >= 0.3 is 0 Å². The van der Waals surface area contributed by atoms with Crippen LogP contribution in [0, 0.1) is 5.92 Å². The van der Waals surface area contributed by atoms with E-state index in [1.54, 1.807) is 0 Å². The van der Waals surface area contributed by atoms with E-state index in [2.05, 4.69) is 48.3 Å². The highest BCUT2D eigenvalue weighted by molar-refractivity contribution is 5.22. The molecule has 0 heterocycles. The molecular weight excluding hydrogens is 256 g/mol. The predicted molar refractivity (Wildman–Crippen MR) is 91.3 cm³/mol. The summed E-state index contributed by atoms with van der Waals surface area (Å²) in [5, 5.41) is 3.21. The first-order valence-corrected chi connectivity index (χ1v) is 8.65. The van der Waals surface area contributed by atoms with Crippen LogP contribution in [0.1, 0.15) is 57.1 Å². The molecule has 2 nitrogen and oxygen atoms in total. The Hall–Kier alpha value is -0.860. The molecule has 0 atom stereocenters. The smallest absolute Gasteiger partial charge is 0.0236 e. The van der Waals surface area contributed by atoms with Crippen molar-refractivity contribution in [1.29, 1.82) is 0 Å². The van der Waals surface area contributed by atoms with Gasteiger partial charge in [-0.25, -0.2) is 0 Å². The maximum absolute atomic E-state index is 3.21. The molecule has 0 saturated heterocycles. The molecule has 118 valence electrons. The van der Waals surface area contributed by atoms with E-state index >= 15 is 0 Å². The minimum atomic E-state index is 0.798. The lowest BCUT2D eigenvalue weighted by atomic mass is 10.1. The molecular formula is C19H32N2. The van der Waals surface area contributed by atoms with Crippen molar-refractivity contribution in [3.05, 3.63) is 35.4 Å². The monoisotopic (exact) mass is 288 g/mol. The fourth-order valence-corrected chi connectivity index (χ4v) is 3.29. The van der Waals surface area contributed by atoms with Gasteiger partial charge in [0.2, 0.25) is 0 Å². The zero-order chi connectivity index (χ0) is 15.1. The third-order valence-electron chi connectivity index (χ3n) is 4.62. The lowest BCUT2D eigenvalue weighted by Gasteiger charge is -2.29. The summed E-state index contributed by atoms with van der Waals surface area (Å²) in [6.45, 7) is 8.00. The van der Waals surface area contributed by atoms with Gasteiger partial charge in [-0.05, 0) is 49.9 Å². The highest BCUT2D eigenvalue weighted by Crippen LogP contribution is 2.25. The molecule has 21 heavy (non-hydrogen) atoms. The van der Waals surface area contributed by atoms with E-state index in [1.807, 2.05) is 7.05 Å². The Kier molecular flexibility index (Phi) is 6.72. The van der Waals surface area contributed by atoms with E-state index in [4.69, 9.17) is 0 Å². The first-order chi connectivity index (χ1) is 10.2. The van der Waals surface area contributed by atoms with Gasteiger partial charge in [-0.3, -0.25) is 4.90 Å². The second-order valence-corrected chi connectivity index (χ2v) is 6.94. The third kappa shape index (κ3) is 5.44. The van der Waals surface area contributed by atoms with Gasteiger partial charge in [0.05, 0.1) is 0 Å². The van der Waals surface area contributed by atoms with Gasteiger partial charge in [0, 0.05) is 19.1 Å². The maximum atomic E-state index is 3.21. The molecule has 0 bridgehead atoms. The van der Waals surface area contributed by atoms with Gasteiger partial charge in [0.1, 0.15) is 0 Å². The molecule has 0 aromatic heterocycles. The number of rotatable bonds is 8. The van der Waals surface area contributed by atoms with Gasteiger partial charge in [-0.1, -0.05) is 51.0 Å². The van der Waals surface area contributed by atoms with Crippen LogP contribution in [0.5, 0.6) is 0 Å². The average molecular weight is 288 g/mol. The Morgan fingerprint density at radius 1 is 1.10 bits per heavy atom. The standard InChI is InChI=1S/C19H32N2/c1-16(2)12-13-21(19-6-4-5-7-19)15-18-10-8-17(9-11-18)14-20-3/h8-11,16,19-20H,4-7,12-15H2,1-3H3. The lowest BCUT2D eigenvalue weighted by molar-refractivity contribution is 0.179. The van der Waals surface area contributed by atoms with Gasteiger partial charge < -0.3 is 5.32 Å². The summed E-state index contributed by atoms with van der Waals surface area (Å²) in [7, 11) is 2.00. The Bertz CT molecular complexity index is 391. The molecule has 1 aliphatic rings. The van der Waals surface area contributed by atoms with E-state index < -0.39 is 0 Å². The van der Waals surface area contributed by atoms with Crippen LogP contribution in [-0.2, 0) is 13.1 Å². The average Bonchev–Trinajstić information content (AvgIpc) is 2.99. The second kappa shape index (κ2) is 8.55. The van der Waals surface area contributed by atoms with Crippen molar-refractivity contribution in [2.45, 2.75) is 65.1 Å². The van der Waals surface area contributed by atoms with E-state index in [0.29, 0.717) is 0 Å². The number of nitrogens with zero attached hydrogens (tertiary/aromatic N) is 1. The highest BCUT2D eigenvalue weighted by atomic mass is 15.2. The van der Waals surface area contributed by atoms with E-state index in [1.165, 1.54) is 49.8 Å². The molecule has 1 fully saturated rings. The second-order valence-electron chi connectivity index (χ2n) is 6.94. The SMILES string of the molecule is CNCc1ccc(CN(CCC(C)C)C2CCCC2)cc1. The molecule has 1 aromatic rings. The zero-order valence-electron chi connectivity index (χ0n) is 14.1. The fraction of sp³-hybridized carbons (Fsp3) is 0.684. The largest absolute Gasteiger partial charge is 0.316 e. The Balaban J connectivity index is 1.95. The molecule has 1 saturated carbocycles. The van der Waals surface area contributed by atoms with Crippen molar-refractivity contribution < 1.29 is 0 Å². The first-order valence-electron chi connectivity index (χ1n) is 8.65. The molecule has 0 unspecified atom stereocenters. The molecule has 2 rings (SSSR count). The van der Waals surface area contributed by atoms with Crippen molar-refractivity contribution in [2.75, 3.05) is 13.6 Å². The molecule has 1 N–H and O–H groups in total. The normalized spacial score (nSPS) is 16.2. The van der Waals surface area contributed by atoms with Crippen LogP contribution in [0.3, 0.4) is 0 Å². The molecule has 1 aliphatic carbocycles. The van der Waals surface area contributed by atoms with Crippen molar-refractivity contribution >= 4 is 0 Å². The quantitative estimate of drug-likeness (QED) is 0.771. The Labute approximate surface area is 130 Å². The summed E-state index contributed by atoms with van der Waals surface area (Å²) in [5.74, 6) is 0.798. The molecule has 0 spiro atoms. The number of hydrogen-bond donors (Lipinski definition) is 1. The van der Waals surface area contributed by atoms with Crippen molar-refractivity contribution in [1.82, 2.24) is 10.2 Å². The minimum Gasteiger partial charge on any atom is -0.316 e. The van der Waals surface area contributed by atoms with Crippen molar-refractivity contribution in [3.63, 3.8) is 0 Å². The molecule has 2 heteroatoms. The third-order valence-corrected chi connectivity index (χ3v) is 4.62. The Morgan fingerprint density at radius 3 is 2.29 bits per heavy atom. The van der Waals surface area contributed by atoms with E-state index in [0.717, 1.165) is 25.0 Å². The molecule has 0 radical (unpaired) electrons. The number of nitrogens with one attached hydrogen (secondary N) is 1. The predicted octanol–water partition coefficient (Wildman–Crippen LogP) is 4.20. The van der Waals surface area contributed by atoms with Crippen LogP contribution in [0.15, 0.2) is 24.3 Å². The fourth-order valence-electron chi connectivity index (χ4n) is 3.29. The van der Waals surface area contributed by atoms with Crippen LogP contribution in [0.4, 0.5) is 0 Å². The van der Waals surface area contributed by atoms with Crippen LogP contribution in [0.25, 0.3) is 0 Å². The molecule has 0 amide bonds. The van der Waals surface area contributed by atoms with Gasteiger partial charge in [-0.2, -0.15) is 0 Å². The minimum absolute atomic E-state index is 0.798. The molecule has 0 aliphatic heterocycles. The summed E-state index contributed by atoms with van der Waals surface area (Å²) < 4.78 is 0. The molecule has 1 aromatic carbocycles.